The summed E-state index contributed by atoms with van der Waals surface area (Å²) in [6.45, 7) is 0. The molecule has 0 saturated carbocycles. The fourth-order valence-corrected chi connectivity index (χ4v) is 5.58. The normalized spacial score (nSPS) is 15.4. The first-order valence-corrected chi connectivity index (χ1v) is 12.6. The van der Waals surface area contributed by atoms with Gasteiger partial charge in [0.15, 0.2) is 0 Å². The first kappa shape index (κ1) is 22.5. The van der Waals surface area contributed by atoms with E-state index in [1.807, 2.05) is 60.0 Å². The number of rotatable bonds is 4. The summed E-state index contributed by atoms with van der Waals surface area (Å²) in [6.07, 6.45) is 1.92. The molecule has 0 unspecified atom stereocenters. The van der Waals surface area contributed by atoms with Crippen molar-refractivity contribution in [3.63, 3.8) is 0 Å². The number of nitrogens with zero attached hydrogens (tertiary/aromatic N) is 3. The Morgan fingerprint density at radius 1 is 1.06 bits per heavy atom. The van der Waals surface area contributed by atoms with Crippen molar-refractivity contribution in [1.29, 1.82) is 0 Å². The molecule has 8 heteroatoms. The smallest absolute Gasteiger partial charge is 0.284 e. The van der Waals surface area contributed by atoms with E-state index in [9.17, 15) is 9.59 Å². The predicted molar refractivity (Wildman–Crippen MR) is 143 cm³/mol. The Morgan fingerprint density at radius 3 is 2.61 bits per heavy atom. The topological polar surface area (TPSA) is 67.8 Å². The monoisotopic (exact) mass is 513 g/mol. The van der Waals surface area contributed by atoms with Crippen molar-refractivity contribution in [1.82, 2.24) is 9.58 Å². The molecule has 0 radical (unpaired) electrons. The van der Waals surface area contributed by atoms with Gasteiger partial charge in [-0.25, -0.2) is 5.01 Å². The molecule has 1 aliphatic heterocycles. The molecule has 2 aromatic carbocycles. The fraction of sp³-hybridized carbons (Fsp3) is 0.107. The largest absolute Gasteiger partial charge is 0.467 e. The lowest BCUT2D eigenvalue weighted by Gasteiger charge is -2.19. The van der Waals surface area contributed by atoms with Crippen LogP contribution in [0.15, 0.2) is 98.8 Å². The lowest BCUT2D eigenvalue weighted by atomic mass is 9.91. The van der Waals surface area contributed by atoms with Crippen LogP contribution in [0.4, 0.5) is 0 Å². The van der Waals surface area contributed by atoms with Crippen LogP contribution < -0.4 is 5.56 Å². The third kappa shape index (κ3) is 3.68. The first-order valence-electron chi connectivity index (χ1n) is 11.4. The highest BCUT2D eigenvalue weighted by Crippen LogP contribution is 2.38. The van der Waals surface area contributed by atoms with Gasteiger partial charge in [-0.3, -0.25) is 9.59 Å². The second-order valence-electron chi connectivity index (χ2n) is 8.55. The van der Waals surface area contributed by atoms with Crippen LogP contribution in [0.2, 0.25) is 5.02 Å². The maximum Gasteiger partial charge on any atom is 0.284 e. The van der Waals surface area contributed by atoms with Crippen LogP contribution in [-0.4, -0.2) is 21.2 Å². The molecule has 1 atom stereocenters. The Kier molecular flexibility index (Phi) is 5.59. The predicted octanol–water partition coefficient (Wildman–Crippen LogP) is 6.50. The zero-order valence-electron chi connectivity index (χ0n) is 19.2. The molecule has 0 bridgehead atoms. The van der Waals surface area contributed by atoms with Crippen LogP contribution in [0.25, 0.3) is 22.0 Å². The molecule has 0 aliphatic carbocycles. The van der Waals surface area contributed by atoms with Crippen molar-refractivity contribution < 1.29 is 9.21 Å². The molecule has 4 heterocycles. The van der Waals surface area contributed by atoms with E-state index < -0.39 is 6.04 Å². The molecule has 0 spiro atoms. The number of furan rings is 1. The van der Waals surface area contributed by atoms with Gasteiger partial charge in [-0.2, -0.15) is 5.10 Å². The van der Waals surface area contributed by atoms with Crippen molar-refractivity contribution >= 4 is 45.5 Å². The van der Waals surface area contributed by atoms with Crippen LogP contribution >= 0.6 is 22.9 Å². The average Bonchev–Trinajstić information content (AvgIpc) is 3.67. The van der Waals surface area contributed by atoms with Gasteiger partial charge in [-0.05, 0) is 47.3 Å². The van der Waals surface area contributed by atoms with E-state index in [0.29, 0.717) is 33.4 Å². The maximum atomic E-state index is 13.9. The minimum atomic E-state index is -0.465. The van der Waals surface area contributed by atoms with Gasteiger partial charge < -0.3 is 8.98 Å². The number of halogens is 1. The fourth-order valence-electron chi connectivity index (χ4n) is 4.76. The van der Waals surface area contributed by atoms with Crippen molar-refractivity contribution in [2.75, 3.05) is 0 Å². The Balaban J connectivity index is 1.61. The van der Waals surface area contributed by atoms with Crippen molar-refractivity contribution in [3.8, 4) is 11.1 Å². The van der Waals surface area contributed by atoms with Gasteiger partial charge in [0, 0.05) is 29.4 Å². The summed E-state index contributed by atoms with van der Waals surface area (Å²) < 4.78 is 7.30. The van der Waals surface area contributed by atoms with E-state index >= 15 is 0 Å². The second kappa shape index (κ2) is 8.93. The van der Waals surface area contributed by atoms with Crippen molar-refractivity contribution in [2.24, 2.45) is 12.1 Å². The average molecular weight is 514 g/mol. The Labute approximate surface area is 215 Å². The Morgan fingerprint density at radius 2 is 1.89 bits per heavy atom. The van der Waals surface area contributed by atoms with Crippen molar-refractivity contribution in [2.45, 2.75) is 12.5 Å². The summed E-state index contributed by atoms with van der Waals surface area (Å²) in [7, 11) is 1.74. The number of aromatic nitrogens is 1. The highest BCUT2D eigenvalue weighted by atomic mass is 35.5. The lowest BCUT2D eigenvalue weighted by Crippen LogP contribution is -2.26. The number of thiophene rings is 1. The number of hydrazone groups is 1. The van der Waals surface area contributed by atoms with Crippen LogP contribution in [-0.2, 0) is 7.05 Å². The molecule has 1 amide bonds. The lowest BCUT2D eigenvalue weighted by molar-refractivity contribution is 0.0698. The third-order valence-electron chi connectivity index (χ3n) is 6.43. The molecule has 6 nitrogen and oxygen atoms in total. The van der Waals surface area contributed by atoms with Crippen molar-refractivity contribution in [3.05, 3.63) is 116 Å². The van der Waals surface area contributed by atoms with Gasteiger partial charge in [0.2, 0.25) is 0 Å². The third-order valence-corrected chi connectivity index (χ3v) is 7.52. The molecular weight excluding hydrogens is 494 g/mol. The summed E-state index contributed by atoms with van der Waals surface area (Å²) in [5, 5.41) is 9.47. The van der Waals surface area contributed by atoms with Crippen LogP contribution in [0.3, 0.4) is 0 Å². The van der Waals surface area contributed by atoms with Crippen LogP contribution in [0, 0.1) is 0 Å². The quantitative estimate of drug-likeness (QED) is 0.275. The summed E-state index contributed by atoms with van der Waals surface area (Å²) in [5.74, 6) is 0.379. The first-order chi connectivity index (χ1) is 17.5. The Hall–Kier alpha value is -3.94. The maximum absolute atomic E-state index is 13.9. The van der Waals surface area contributed by atoms with E-state index in [4.69, 9.17) is 21.1 Å². The zero-order chi connectivity index (χ0) is 24.8. The zero-order valence-corrected chi connectivity index (χ0v) is 20.8. The summed E-state index contributed by atoms with van der Waals surface area (Å²) >= 11 is 7.76. The minimum absolute atomic E-state index is 0.189. The number of aryl methyl sites for hydroxylation is 1. The van der Waals surface area contributed by atoms with Gasteiger partial charge in [0.1, 0.15) is 11.8 Å². The Bertz CT molecular complexity index is 1670. The molecule has 0 N–H and O–H groups in total. The number of fused-ring (bicyclic) bond motifs is 1. The molecule has 0 saturated heterocycles. The van der Waals surface area contributed by atoms with E-state index in [0.717, 1.165) is 22.0 Å². The van der Waals surface area contributed by atoms with Gasteiger partial charge in [0.25, 0.3) is 11.5 Å². The van der Waals surface area contributed by atoms with E-state index in [1.165, 1.54) is 16.3 Å². The van der Waals surface area contributed by atoms with E-state index in [2.05, 4.69) is 0 Å². The molecule has 3 aromatic heterocycles. The van der Waals surface area contributed by atoms with Gasteiger partial charge in [-0.15, -0.1) is 11.3 Å². The summed E-state index contributed by atoms with van der Waals surface area (Å²) in [6, 6.07) is 22.0. The highest BCUT2D eigenvalue weighted by Gasteiger charge is 2.37. The number of hydrogen-bond donors (Lipinski definition) is 0. The van der Waals surface area contributed by atoms with Gasteiger partial charge in [0.05, 0.1) is 27.9 Å². The molecule has 1 aliphatic rings. The minimum Gasteiger partial charge on any atom is -0.467 e. The number of pyridine rings is 1. The van der Waals surface area contributed by atoms with Gasteiger partial charge >= 0.3 is 0 Å². The number of benzene rings is 2. The second-order valence-corrected chi connectivity index (χ2v) is 9.93. The SMILES string of the molecule is Cn1c(=O)c(C2=NN(C(=O)c3cccs3)[C@@H](c3ccco3)C2)c(-c2ccccc2)c2cc(Cl)ccc21. The number of carbonyl (C=O) groups excluding carboxylic acids is 1. The van der Waals surface area contributed by atoms with E-state index in [-0.39, 0.29) is 11.5 Å². The molecular formula is C28H20ClN3O3S. The molecule has 36 heavy (non-hydrogen) atoms. The molecule has 6 rings (SSSR count). The van der Waals surface area contributed by atoms with Crippen LogP contribution in [0.1, 0.15) is 33.5 Å². The molecule has 178 valence electrons. The number of carbonyl (C=O) groups is 1. The highest BCUT2D eigenvalue weighted by molar-refractivity contribution is 7.12. The summed E-state index contributed by atoms with van der Waals surface area (Å²) in [5.41, 5.74) is 3.18. The van der Waals surface area contributed by atoms with E-state index in [1.54, 1.807) is 36.1 Å². The molecule has 5 aromatic rings. The summed E-state index contributed by atoms with van der Waals surface area (Å²) in [4.78, 5) is 27.9. The van der Waals surface area contributed by atoms with Crippen LogP contribution in [0.5, 0.6) is 0 Å². The number of amides is 1. The number of hydrogen-bond acceptors (Lipinski definition) is 5. The standard InChI is InChI=1S/C28H20ClN3O3S/c1-31-21-12-11-18(29)15-19(21)25(17-7-3-2-4-8-17)26(28(31)34)20-16-22(23-9-5-13-35-23)32(30-20)27(33)24-10-6-14-36-24/h2-15,22H,16H2,1H3/t22-/m1/s1. The van der Waals surface area contributed by atoms with Gasteiger partial charge in [-0.1, -0.05) is 48.0 Å². The molecule has 0 fully saturated rings.